The fourth-order valence-electron chi connectivity index (χ4n) is 3.50. The monoisotopic (exact) mass is 282 g/mol. The molecule has 2 heterocycles. The van der Waals surface area contributed by atoms with Gasteiger partial charge in [-0.2, -0.15) is 0 Å². The van der Waals surface area contributed by atoms with Crippen LogP contribution in [0.25, 0.3) is 6.08 Å². The summed E-state index contributed by atoms with van der Waals surface area (Å²) in [6, 6.07) is 8.86. The Morgan fingerprint density at radius 2 is 2.05 bits per heavy atom. The summed E-state index contributed by atoms with van der Waals surface area (Å²) in [7, 11) is 0. The first-order valence-corrected chi connectivity index (χ1v) is 8.13. The number of likely N-dealkylation sites (tertiary alicyclic amines) is 1. The molecule has 2 nitrogen and oxygen atoms in total. The summed E-state index contributed by atoms with van der Waals surface area (Å²) in [6.07, 6.45) is 9.11. The van der Waals surface area contributed by atoms with Gasteiger partial charge in [-0.3, -0.25) is 4.90 Å². The SMILES string of the molecule is C1=CC2(CCN(Cc3nccs3)CC2)c2ccccc21. The molecule has 0 unspecified atom stereocenters. The number of fused-ring (bicyclic) bond motifs is 2. The molecule has 0 bridgehead atoms. The van der Waals surface area contributed by atoms with Crippen LogP contribution in [0.5, 0.6) is 0 Å². The van der Waals surface area contributed by atoms with Gasteiger partial charge >= 0.3 is 0 Å². The first-order valence-electron chi connectivity index (χ1n) is 7.25. The Bertz CT molecular complexity index is 622. The summed E-state index contributed by atoms with van der Waals surface area (Å²) in [5, 5.41) is 3.31. The van der Waals surface area contributed by atoms with Crippen molar-refractivity contribution in [1.82, 2.24) is 9.88 Å². The van der Waals surface area contributed by atoms with Crippen molar-refractivity contribution in [3.05, 3.63) is 58.1 Å². The first kappa shape index (κ1) is 12.3. The summed E-state index contributed by atoms with van der Waals surface area (Å²) in [5.74, 6) is 0. The number of thiazole rings is 1. The standard InChI is InChI=1S/C17H18N2S/c1-2-4-15-14(3-1)5-6-17(15)7-10-19(11-8-17)13-16-18-9-12-20-16/h1-6,9,12H,7-8,10-11,13H2. The fourth-order valence-corrected chi connectivity index (χ4v) is 4.16. The van der Waals surface area contributed by atoms with Crippen molar-refractivity contribution in [3.63, 3.8) is 0 Å². The molecule has 0 atom stereocenters. The quantitative estimate of drug-likeness (QED) is 0.835. The van der Waals surface area contributed by atoms with E-state index in [-0.39, 0.29) is 0 Å². The summed E-state index contributed by atoms with van der Waals surface area (Å²) in [4.78, 5) is 6.94. The van der Waals surface area contributed by atoms with Gasteiger partial charge < -0.3 is 0 Å². The van der Waals surface area contributed by atoms with Crippen molar-refractivity contribution < 1.29 is 0 Å². The maximum atomic E-state index is 4.40. The zero-order valence-electron chi connectivity index (χ0n) is 11.5. The number of rotatable bonds is 2. The predicted molar refractivity (Wildman–Crippen MR) is 83.8 cm³/mol. The van der Waals surface area contributed by atoms with Crippen molar-refractivity contribution in [2.45, 2.75) is 24.8 Å². The normalized spacial score (nSPS) is 20.4. The van der Waals surface area contributed by atoms with Crippen molar-refractivity contribution in [1.29, 1.82) is 0 Å². The highest BCUT2D eigenvalue weighted by Crippen LogP contribution is 2.43. The Balaban J connectivity index is 1.49. The van der Waals surface area contributed by atoms with E-state index in [1.165, 1.54) is 29.0 Å². The van der Waals surface area contributed by atoms with Crippen LogP contribution in [0.1, 0.15) is 29.0 Å². The highest BCUT2D eigenvalue weighted by molar-refractivity contribution is 7.09. The molecule has 1 aliphatic carbocycles. The third-order valence-electron chi connectivity index (χ3n) is 4.67. The van der Waals surface area contributed by atoms with Crippen LogP contribution in [0.4, 0.5) is 0 Å². The molecule has 1 saturated heterocycles. The molecular formula is C17H18N2S. The Morgan fingerprint density at radius 1 is 1.20 bits per heavy atom. The van der Waals surface area contributed by atoms with Crippen LogP contribution < -0.4 is 0 Å². The molecule has 4 rings (SSSR count). The second-order valence-electron chi connectivity index (χ2n) is 5.78. The first-order chi connectivity index (χ1) is 9.86. The van der Waals surface area contributed by atoms with Crippen molar-refractivity contribution in [2.75, 3.05) is 13.1 Å². The minimum atomic E-state index is 0.302. The highest BCUT2D eigenvalue weighted by Gasteiger charge is 2.37. The molecule has 1 fully saturated rings. The molecule has 102 valence electrons. The molecule has 2 aliphatic rings. The van der Waals surface area contributed by atoms with Gasteiger partial charge in [-0.15, -0.1) is 11.3 Å². The van der Waals surface area contributed by atoms with E-state index in [1.807, 2.05) is 6.20 Å². The molecule has 1 aromatic heterocycles. The maximum absolute atomic E-state index is 4.40. The van der Waals surface area contributed by atoms with Gasteiger partial charge in [0.1, 0.15) is 5.01 Å². The zero-order valence-corrected chi connectivity index (χ0v) is 12.3. The van der Waals surface area contributed by atoms with Crippen LogP contribution in [0.2, 0.25) is 0 Å². The van der Waals surface area contributed by atoms with E-state index in [4.69, 9.17) is 0 Å². The van der Waals surface area contributed by atoms with E-state index in [1.54, 1.807) is 11.3 Å². The van der Waals surface area contributed by atoms with Gasteiger partial charge in [-0.25, -0.2) is 4.98 Å². The summed E-state index contributed by atoms with van der Waals surface area (Å²) >= 11 is 1.76. The number of nitrogens with zero attached hydrogens (tertiary/aromatic N) is 2. The van der Waals surface area contributed by atoms with Crippen molar-refractivity contribution in [3.8, 4) is 0 Å². The highest BCUT2D eigenvalue weighted by atomic mass is 32.1. The largest absolute Gasteiger partial charge is 0.297 e. The summed E-state index contributed by atoms with van der Waals surface area (Å²) < 4.78 is 0. The van der Waals surface area contributed by atoms with Crippen LogP contribution in [0, 0.1) is 0 Å². The number of piperidine rings is 1. The molecule has 1 spiro atoms. The van der Waals surface area contributed by atoms with E-state index in [0.29, 0.717) is 5.41 Å². The molecule has 1 aromatic carbocycles. The van der Waals surface area contributed by atoms with E-state index in [0.717, 1.165) is 19.6 Å². The van der Waals surface area contributed by atoms with Crippen molar-refractivity contribution in [2.24, 2.45) is 0 Å². The second kappa shape index (κ2) is 4.83. The number of hydrogen-bond donors (Lipinski definition) is 0. The van der Waals surface area contributed by atoms with E-state index in [9.17, 15) is 0 Å². The second-order valence-corrected chi connectivity index (χ2v) is 6.76. The van der Waals surface area contributed by atoms with Gasteiger partial charge in [-0.1, -0.05) is 36.4 Å². The van der Waals surface area contributed by atoms with Crippen LogP contribution in [0.15, 0.2) is 41.9 Å². The Kier molecular flexibility index (Phi) is 2.97. The molecule has 0 N–H and O–H groups in total. The average Bonchev–Trinajstić information content (AvgIpc) is 3.11. The lowest BCUT2D eigenvalue weighted by Gasteiger charge is -2.39. The zero-order chi connectivity index (χ0) is 13.4. The molecule has 0 amide bonds. The third-order valence-corrected chi connectivity index (χ3v) is 5.43. The molecule has 3 heteroatoms. The summed E-state index contributed by atoms with van der Waals surface area (Å²) in [5.41, 5.74) is 3.26. The molecule has 2 aromatic rings. The Morgan fingerprint density at radius 3 is 2.85 bits per heavy atom. The van der Waals surface area contributed by atoms with Crippen LogP contribution in [-0.2, 0) is 12.0 Å². The van der Waals surface area contributed by atoms with E-state index >= 15 is 0 Å². The van der Waals surface area contributed by atoms with E-state index < -0.39 is 0 Å². The van der Waals surface area contributed by atoms with Gasteiger partial charge in [0.05, 0.1) is 6.54 Å². The number of hydrogen-bond acceptors (Lipinski definition) is 3. The number of benzene rings is 1. The lowest BCUT2D eigenvalue weighted by molar-refractivity contribution is 0.177. The Hall–Kier alpha value is -1.45. The lowest BCUT2D eigenvalue weighted by Crippen LogP contribution is -2.40. The van der Waals surface area contributed by atoms with Gasteiger partial charge in [-0.05, 0) is 37.1 Å². The lowest BCUT2D eigenvalue weighted by atomic mass is 9.74. The molecule has 1 aliphatic heterocycles. The molecular weight excluding hydrogens is 264 g/mol. The predicted octanol–water partition coefficient (Wildman–Crippen LogP) is 3.70. The van der Waals surface area contributed by atoms with Crippen molar-refractivity contribution >= 4 is 17.4 Å². The van der Waals surface area contributed by atoms with Crippen LogP contribution >= 0.6 is 11.3 Å². The number of allylic oxidation sites excluding steroid dienone is 1. The van der Waals surface area contributed by atoms with Gasteiger partial charge in [0.2, 0.25) is 0 Å². The minimum Gasteiger partial charge on any atom is -0.297 e. The topological polar surface area (TPSA) is 16.1 Å². The number of aromatic nitrogens is 1. The molecule has 0 saturated carbocycles. The summed E-state index contributed by atoms with van der Waals surface area (Å²) in [6.45, 7) is 3.34. The minimum absolute atomic E-state index is 0.302. The van der Waals surface area contributed by atoms with Crippen LogP contribution in [0.3, 0.4) is 0 Å². The maximum Gasteiger partial charge on any atom is 0.107 e. The molecule has 20 heavy (non-hydrogen) atoms. The van der Waals surface area contributed by atoms with Gasteiger partial charge in [0.15, 0.2) is 0 Å². The van der Waals surface area contributed by atoms with Gasteiger partial charge in [0, 0.05) is 17.0 Å². The molecule has 0 radical (unpaired) electrons. The smallest absolute Gasteiger partial charge is 0.107 e. The average molecular weight is 282 g/mol. The third kappa shape index (κ3) is 2.02. The Labute approximate surface area is 123 Å². The van der Waals surface area contributed by atoms with E-state index in [2.05, 4.69) is 51.7 Å². The fraction of sp³-hybridized carbons (Fsp3) is 0.353. The van der Waals surface area contributed by atoms with Crippen LogP contribution in [-0.4, -0.2) is 23.0 Å². The van der Waals surface area contributed by atoms with Gasteiger partial charge in [0.25, 0.3) is 0 Å².